The minimum atomic E-state index is -0.0178. The van der Waals surface area contributed by atoms with Crippen molar-refractivity contribution in [1.29, 1.82) is 0 Å². The van der Waals surface area contributed by atoms with Crippen molar-refractivity contribution >= 4 is 44.2 Å². The lowest BCUT2D eigenvalue weighted by atomic mass is 10.0. The van der Waals surface area contributed by atoms with Crippen LogP contribution < -0.4 is 4.90 Å². The molecule has 0 fully saturated rings. The van der Waals surface area contributed by atoms with Gasteiger partial charge in [0.1, 0.15) is 0 Å². The number of rotatable bonds is 6. The van der Waals surface area contributed by atoms with E-state index < -0.39 is 0 Å². The number of amides is 1. The Kier molecular flexibility index (Phi) is 6.35. The van der Waals surface area contributed by atoms with Crippen LogP contribution in [0.25, 0.3) is 10.2 Å². The Morgan fingerprint density at radius 1 is 1.10 bits per heavy atom. The molecule has 2 heterocycles. The number of aryl methyl sites for hydroxylation is 1. The van der Waals surface area contributed by atoms with E-state index >= 15 is 0 Å². The van der Waals surface area contributed by atoms with Crippen LogP contribution in [0.3, 0.4) is 0 Å². The monoisotopic (exact) mass is 449 g/mol. The van der Waals surface area contributed by atoms with Crippen LogP contribution in [0.15, 0.2) is 60.8 Å². The number of carbonyl (C=O) groups excluding carboxylic acids is 1. The summed E-state index contributed by atoms with van der Waals surface area (Å²) < 4.78 is 0.900. The predicted octanol–water partition coefficient (Wildman–Crippen LogP) is 6.55. The zero-order valence-corrected chi connectivity index (χ0v) is 19.4. The molecule has 0 aliphatic carbocycles. The largest absolute Gasteiger partial charge is 0.282 e. The summed E-state index contributed by atoms with van der Waals surface area (Å²) in [6, 6.07) is 17.8. The van der Waals surface area contributed by atoms with Crippen LogP contribution in [0.4, 0.5) is 5.13 Å². The molecule has 4 nitrogen and oxygen atoms in total. The SMILES string of the molecule is Cc1ccc(Cl)c2sc(N(Cc3ccccn3)C(=O)Cc3ccc(C(C)C)cc3)nc12. The molecule has 6 heteroatoms. The van der Waals surface area contributed by atoms with E-state index in [0.717, 1.165) is 27.0 Å². The fourth-order valence-corrected chi connectivity index (χ4v) is 4.75. The zero-order chi connectivity index (χ0) is 22.0. The number of carbonyl (C=O) groups is 1. The molecule has 0 atom stereocenters. The number of thiazole rings is 1. The van der Waals surface area contributed by atoms with Gasteiger partial charge in [-0.15, -0.1) is 0 Å². The Labute approximate surface area is 191 Å². The van der Waals surface area contributed by atoms with Gasteiger partial charge in [-0.05, 0) is 47.7 Å². The van der Waals surface area contributed by atoms with Crippen molar-refractivity contribution in [3.8, 4) is 0 Å². The topological polar surface area (TPSA) is 46.1 Å². The van der Waals surface area contributed by atoms with Crippen molar-refractivity contribution < 1.29 is 4.79 Å². The van der Waals surface area contributed by atoms with Crippen LogP contribution in [0.5, 0.6) is 0 Å². The molecule has 0 aliphatic rings. The van der Waals surface area contributed by atoms with E-state index in [2.05, 4.69) is 31.0 Å². The molecule has 0 unspecified atom stereocenters. The average molecular weight is 450 g/mol. The van der Waals surface area contributed by atoms with Crippen molar-refractivity contribution in [2.75, 3.05) is 4.90 Å². The number of nitrogens with zero attached hydrogens (tertiary/aromatic N) is 3. The molecule has 0 N–H and O–H groups in total. The van der Waals surface area contributed by atoms with Crippen molar-refractivity contribution in [2.45, 2.75) is 39.7 Å². The van der Waals surface area contributed by atoms with Gasteiger partial charge in [-0.25, -0.2) is 4.98 Å². The summed E-state index contributed by atoms with van der Waals surface area (Å²) in [5, 5.41) is 1.29. The highest BCUT2D eigenvalue weighted by Crippen LogP contribution is 2.36. The number of benzene rings is 2. The van der Waals surface area contributed by atoms with Crippen molar-refractivity contribution in [3.05, 3.63) is 88.2 Å². The Morgan fingerprint density at radius 2 is 1.87 bits per heavy atom. The van der Waals surface area contributed by atoms with Gasteiger partial charge in [0, 0.05) is 6.20 Å². The molecule has 0 aliphatic heterocycles. The van der Waals surface area contributed by atoms with E-state index in [9.17, 15) is 4.79 Å². The van der Waals surface area contributed by atoms with Gasteiger partial charge in [0.25, 0.3) is 0 Å². The molecule has 4 aromatic rings. The van der Waals surface area contributed by atoms with Gasteiger partial charge >= 0.3 is 0 Å². The van der Waals surface area contributed by atoms with Gasteiger partial charge in [0.2, 0.25) is 5.91 Å². The summed E-state index contributed by atoms with van der Waals surface area (Å²) in [6.07, 6.45) is 2.04. The highest BCUT2D eigenvalue weighted by molar-refractivity contribution is 7.23. The van der Waals surface area contributed by atoms with Crippen molar-refractivity contribution in [1.82, 2.24) is 9.97 Å². The number of halogens is 1. The molecule has 0 radical (unpaired) electrons. The lowest BCUT2D eigenvalue weighted by Gasteiger charge is -2.20. The second-order valence-electron chi connectivity index (χ2n) is 7.91. The minimum Gasteiger partial charge on any atom is -0.282 e. The van der Waals surface area contributed by atoms with E-state index in [1.54, 1.807) is 11.1 Å². The predicted molar refractivity (Wildman–Crippen MR) is 129 cm³/mol. The third kappa shape index (κ3) is 4.78. The standard InChI is InChI=1S/C25H24ClN3OS/c1-16(2)19-10-8-18(9-11-19)14-22(30)29(15-20-6-4-5-13-27-20)25-28-23-17(3)7-12-21(26)24(23)31-25/h4-13,16H,14-15H2,1-3H3. The van der Waals surface area contributed by atoms with E-state index in [1.165, 1.54) is 16.9 Å². The average Bonchev–Trinajstić information content (AvgIpc) is 3.22. The Balaban J connectivity index is 1.68. The number of anilines is 1. The summed E-state index contributed by atoms with van der Waals surface area (Å²) in [5.41, 5.74) is 4.94. The molecule has 158 valence electrons. The summed E-state index contributed by atoms with van der Waals surface area (Å²) in [7, 11) is 0. The molecular weight excluding hydrogens is 426 g/mol. The molecule has 4 rings (SSSR count). The third-order valence-corrected chi connectivity index (χ3v) is 6.80. The van der Waals surface area contributed by atoms with Crippen LogP contribution in [0.1, 0.15) is 42.1 Å². The molecule has 2 aromatic carbocycles. The van der Waals surface area contributed by atoms with Crippen LogP contribution in [0, 0.1) is 6.92 Å². The van der Waals surface area contributed by atoms with Crippen molar-refractivity contribution in [3.63, 3.8) is 0 Å². The van der Waals surface area contributed by atoms with E-state index in [-0.39, 0.29) is 5.91 Å². The molecule has 2 aromatic heterocycles. The van der Waals surface area contributed by atoms with E-state index in [1.807, 2.05) is 49.4 Å². The van der Waals surface area contributed by atoms with Crippen LogP contribution in [-0.4, -0.2) is 15.9 Å². The summed E-state index contributed by atoms with van der Waals surface area (Å²) in [5.74, 6) is 0.442. The van der Waals surface area contributed by atoms with Gasteiger partial charge in [-0.3, -0.25) is 14.7 Å². The van der Waals surface area contributed by atoms with Gasteiger partial charge in [0.15, 0.2) is 5.13 Å². The molecular formula is C25H24ClN3OS. The van der Waals surface area contributed by atoms with Gasteiger partial charge in [-0.2, -0.15) is 0 Å². The maximum Gasteiger partial charge on any atom is 0.233 e. The maximum atomic E-state index is 13.4. The van der Waals surface area contributed by atoms with Gasteiger partial charge < -0.3 is 0 Å². The maximum absolute atomic E-state index is 13.4. The fraction of sp³-hybridized carbons (Fsp3) is 0.240. The molecule has 0 saturated carbocycles. The lowest BCUT2D eigenvalue weighted by Crippen LogP contribution is -2.32. The lowest BCUT2D eigenvalue weighted by molar-refractivity contribution is -0.118. The number of hydrogen-bond donors (Lipinski definition) is 0. The summed E-state index contributed by atoms with van der Waals surface area (Å²) in [4.78, 5) is 24.3. The first-order chi connectivity index (χ1) is 14.9. The van der Waals surface area contributed by atoms with Gasteiger partial charge in [0.05, 0.1) is 33.9 Å². The summed E-state index contributed by atoms with van der Waals surface area (Å²) >= 11 is 7.86. The zero-order valence-electron chi connectivity index (χ0n) is 17.8. The first-order valence-electron chi connectivity index (χ1n) is 10.3. The molecule has 0 spiro atoms. The highest BCUT2D eigenvalue weighted by atomic mass is 35.5. The van der Waals surface area contributed by atoms with Crippen LogP contribution in [0.2, 0.25) is 5.02 Å². The van der Waals surface area contributed by atoms with Crippen LogP contribution >= 0.6 is 22.9 Å². The molecule has 1 amide bonds. The first-order valence-corrected chi connectivity index (χ1v) is 11.5. The Morgan fingerprint density at radius 3 is 2.52 bits per heavy atom. The number of fused-ring (bicyclic) bond motifs is 1. The fourth-order valence-electron chi connectivity index (χ4n) is 3.41. The number of pyridine rings is 1. The quantitative estimate of drug-likeness (QED) is 0.335. The highest BCUT2D eigenvalue weighted by Gasteiger charge is 2.22. The van der Waals surface area contributed by atoms with Gasteiger partial charge in [-0.1, -0.05) is 73.2 Å². The normalized spacial score (nSPS) is 11.3. The van der Waals surface area contributed by atoms with Crippen LogP contribution in [-0.2, 0) is 17.8 Å². The smallest absolute Gasteiger partial charge is 0.233 e. The molecule has 31 heavy (non-hydrogen) atoms. The first kappa shape index (κ1) is 21.5. The Bertz CT molecular complexity index is 1160. The molecule has 0 saturated heterocycles. The second kappa shape index (κ2) is 9.16. The second-order valence-corrected chi connectivity index (χ2v) is 9.30. The molecule has 0 bridgehead atoms. The van der Waals surface area contributed by atoms with E-state index in [0.29, 0.717) is 29.0 Å². The number of aromatic nitrogens is 2. The number of hydrogen-bond acceptors (Lipinski definition) is 4. The minimum absolute atomic E-state index is 0.0178. The van der Waals surface area contributed by atoms with Crippen molar-refractivity contribution in [2.24, 2.45) is 0 Å². The Hall–Kier alpha value is -2.76. The van der Waals surface area contributed by atoms with E-state index in [4.69, 9.17) is 16.6 Å². The third-order valence-electron chi connectivity index (χ3n) is 5.27. The summed E-state index contributed by atoms with van der Waals surface area (Å²) in [6.45, 7) is 6.69.